The van der Waals surface area contributed by atoms with E-state index in [1.165, 1.54) is 18.2 Å². The maximum atomic E-state index is 14.9. The SMILES string of the molecule is COCCC#Cc1ncc(-c2cc(NC(=O)c3cccc(C(F)(F)F)c3)c(F)cc2C)cc1N1CCOCC1. The number of morpholine rings is 1. The Balaban J connectivity index is 1.68. The van der Waals surface area contributed by atoms with Crippen LogP contribution >= 0.6 is 0 Å². The molecule has 10 heteroatoms. The number of halogens is 4. The summed E-state index contributed by atoms with van der Waals surface area (Å²) in [6.45, 7) is 4.65. The van der Waals surface area contributed by atoms with Crippen LogP contribution in [0.25, 0.3) is 11.1 Å². The molecule has 204 valence electrons. The highest BCUT2D eigenvalue weighted by molar-refractivity contribution is 6.04. The third-order valence-corrected chi connectivity index (χ3v) is 6.18. The van der Waals surface area contributed by atoms with Gasteiger partial charge in [0.25, 0.3) is 5.91 Å². The van der Waals surface area contributed by atoms with Gasteiger partial charge in [-0.05, 0) is 60.4 Å². The fraction of sp³-hybridized carbons (Fsp3) is 0.310. The standard InChI is InChI=1S/C29H27F4N3O3/c1-19-14-24(30)26(35-28(37)20-6-5-7-22(15-20)29(31,32)33)17-23(19)21-16-27(36-9-12-39-13-10-36)25(34-18-21)8-3-4-11-38-2/h5-7,14-18H,4,9-13H2,1-2H3,(H,35,37). The molecular formula is C29H27F4N3O3. The van der Waals surface area contributed by atoms with Crippen LogP contribution < -0.4 is 10.2 Å². The molecule has 1 aliphatic heterocycles. The molecule has 2 aromatic carbocycles. The number of methoxy groups -OCH3 is 1. The van der Waals surface area contributed by atoms with Crippen LogP contribution in [0.15, 0.2) is 48.7 Å². The molecule has 3 aromatic rings. The number of amides is 1. The van der Waals surface area contributed by atoms with E-state index in [1.54, 1.807) is 20.2 Å². The van der Waals surface area contributed by atoms with E-state index in [9.17, 15) is 22.4 Å². The minimum absolute atomic E-state index is 0.158. The first-order chi connectivity index (χ1) is 18.7. The van der Waals surface area contributed by atoms with Crippen molar-refractivity contribution in [2.24, 2.45) is 0 Å². The lowest BCUT2D eigenvalue weighted by atomic mass is 9.99. The summed E-state index contributed by atoms with van der Waals surface area (Å²) in [5.74, 6) is 4.59. The van der Waals surface area contributed by atoms with Gasteiger partial charge in [-0.3, -0.25) is 4.79 Å². The molecule has 2 heterocycles. The first kappa shape index (κ1) is 28.1. The van der Waals surface area contributed by atoms with Gasteiger partial charge in [0.05, 0.1) is 36.8 Å². The molecule has 0 unspecified atom stereocenters. The lowest BCUT2D eigenvalue weighted by Crippen LogP contribution is -2.36. The van der Waals surface area contributed by atoms with E-state index >= 15 is 0 Å². The number of rotatable bonds is 6. The number of nitrogens with one attached hydrogen (secondary N) is 1. The highest BCUT2D eigenvalue weighted by atomic mass is 19.4. The molecule has 6 nitrogen and oxygen atoms in total. The zero-order chi connectivity index (χ0) is 28.0. The van der Waals surface area contributed by atoms with Crippen molar-refractivity contribution in [3.63, 3.8) is 0 Å². The number of aryl methyl sites for hydroxylation is 1. The second-order valence-corrected chi connectivity index (χ2v) is 8.92. The second-order valence-electron chi connectivity index (χ2n) is 8.92. The van der Waals surface area contributed by atoms with Gasteiger partial charge >= 0.3 is 6.18 Å². The van der Waals surface area contributed by atoms with Crippen LogP contribution in [0.5, 0.6) is 0 Å². The number of benzene rings is 2. The predicted octanol–water partition coefficient (Wildman–Crippen LogP) is 5.69. The third kappa shape index (κ3) is 6.93. The number of carbonyl (C=O) groups excluding carboxylic acids is 1. The fourth-order valence-corrected chi connectivity index (χ4v) is 4.15. The monoisotopic (exact) mass is 541 g/mol. The Morgan fingerprint density at radius 1 is 1.18 bits per heavy atom. The molecule has 1 N–H and O–H groups in total. The number of alkyl halides is 3. The molecule has 4 rings (SSSR count). The minimum atomic E-state index is -4.61. The smallest absolute Gasteiger partial charge is 0.384 e. The van der Waals surface area contributed by atoms with Crippen molar-refractivity contribution in [2.75, 3.05) is 50.2 Å². The Hall–Kier alpha value is -3.94. The summed E-state index contributed by atoms with van der Waals surface area (Å²) in [5, 5.41) is 2.41. The van der Waals surface area contributed by atoms with E-state index in [2.05, 4.69) is 27.0 Å². The van der Waals surface area contributed by atoms with Crippen molar-refractivity contribution < 1.29 is 31.8 Å². The summed E-state index contributed by atoms with van der Waals surface area (Å²) in [5.41, 5.74) is 1.91. The number of aromatic nitrogens is 1. The Morgan fingerprint density at radius 2 is 1.95 bits per heavy atom. The molecule has 0 bridgehead atoms. The van der Waals surface area contributed by atoms with Gasteiger partial charge in [-0.15, -0.1) is 0 Å². The minimum Gasteiger partial charge on any atom is -0.384 e. The Labute approximate surface area is 223 Å². The molecule has 0 radical (unpaired) electrons. The van der Waals surface area contributed by atoms with Gasteiger partial charge in [0.2, 0.25) is 0 Å². The summed E-state index contributed by atoms with van der Waals surface area (Å²) in [4.78, 5) is 19.4. The molecule has 0 aliphatic carbocycles. The molecule has 39 heavy (non-hydrogen) atoms. The molecule has 1 aliphatic rings. The van der Waals surface area contributed by atoms with E-state index in [-0.39, 0.29) is 11.3 Å². The van der Waals surface area contributed by atoms with Crippen LogP contribution in [-0.2, 0) is 15.7 Å². The van der Waals surface area contributed by atoms with Crippen molar-refractivity contribution in [3.05, 3.63) is 76.9 Å². The van der Waals surface area contributed by atoms with Gasteiger partial charge in [0.1, 0.15) is 11.5 Å². The molecule has 1 fully saturated rings. The normalized spacial score (nSPS) is 13.5. The van der Waals surface area contributed by atoms with Gasteiger partial charge in [0, 0.05) is 43.9 Å². The Kier molecular flexibility index (Phi) is 8.84. The summed E-state index contributed by atoms with van der Waals surface area (Å²) in [6, 6.07) is 8.61. The highest BCUT2D eigenvalue weighted by Gasteiger charge is 2.31. The zero-order valence-corrected chi connectivity index (χ0v) is 21.5. The lowest BCUT2D eigenvalue weighted by molar-refractivity contribution is -0.137. The molecule has 1 saturated heterocycles. The van der Waals surface area contributed by atoms with Crippen LogP contribution in [-0.4, -0.2) is 50.9 Å². The lowest BCUT2D eigenvalue weighted by Gasteiger charge is -2.29. The molecule has 0 spiro atoms. The van der Waals surface area contributed by atoms with Crippen LogP contribution in [0, 0.1) is 24.6 Å². The number of ether oxygens (including phenoxy) is 2. The van der Waals surface area contributed by atoms with Gasteiger partial charge in [-0.1, -0.05) is 12.0 Å². The van der Waals surface area contributed by atoms with Gasteiger partial charge in [-0.2, -0.15) is 13.2 Å². The molecule has 0 saturated carbocycles. The molecule has 1 aromatic heterocycles. The quantitative estimate of drug-likeness (QED) is 0.247. The van der Waals surface area contributed by atoms with Crippen LogP contribution in [0.2, 0.25) is 0 Å². The van der Waals surface area contributed by atoms with Crippen molar-refractivity contribution in [1.82, 2.24) is 4.98 Å². The summed E-state index contributed by atoms with van der Waals surface area (Å²) < 4.78 is 64.6. The van der Waals surface area contributed by atoms with Crippen LogP contribution in [0.1, 0.15) is 33.6 Å². The van der Waals surface area contributed by atoms with Crippen molar-refractivity contribution in [1.29, 1.82) is 0 Å². The van der Waals surface area contributed by atoms with Gasteiger partial charge in [0.15, 0.2) is 0 Å². The summed E-state index contributed by atoms with van der Waals surface area (Å²) in [7, 11) is 1.61. The number of nitrogens with zero attached hydrogens (tertiary/aromatic N) is 2. The average molecular weight is 542 g/mol. The first-order valence-corrected chi connectivity index (χ1v) is 12.3. The largest absolute Gasteiger partial charge is 0.416 e. The summed E-state index contributed by atoms with van der Waals surface area (Å²) in [6.07, 6.45) is -2.43. The number of hydrogen-bond donors (Lipinski definition) is 1. The Bertz CT molecular complexity index is 1410. The first-order valence-electron chi connectivity index (χ1n) is 12.3. The highest BCUT2D eigenvalue weighted by Crippen LogP contribution is 2.33. The van der Waals surface area contributed by atoms with Gasteiger partial charge in [-0.25, -0.2) is 9.37 Å². The summed E-state index contributed by atoms with van der Waals surface area (Å²) >= 11 is 0. The average Bonchev–Trinajstić information content (AvgIpc) is 2.93. The van der Waals surface area contributed by atoms with E-state index in [0.29, 0.717) is 61.7 Å². The number of hydrogen-bond acceptors (Lipinski definition) is 5. The van der Waals surface area contributed by atoms with E-state index in [4.69, 9.17) is 9.47 Å². The molecule has 1 amide bonds. The second kappa shape index (κ2) is 12.3. The van der Waals surface area contributed by atoms with Gasteiger partial charge < -0.3 is 19.7 Å². The van der Waals surface area contributed by atoms with Crippen molar-refractivity contribution in [3.8, 4) is 23.0 Å². The van der Waals surface area contributed by atoms with E-state index in [1.807, 2.05) is 6.07 Å². The van der Waals surface area contributed by atoms with Crippen LogP contribution in [0.4, 0.5) is 28.9 Å². The molecule has 0 atom stereocenters. The third-order valence-electron chi connectivity index (χ3n) is 6.18. The number of carbonyl (C=O) groups is 1. The zero-order valence-electron chi connectivity index (χ0n) is 21.5. The predicted molar refractivity (Wildman–Crippen MR) is 140 cm³/mol. The number of anilines is 2. The maximum Gasteiger partial charge on any atom is 0.416 e. The topological polar surface area (TPSA) is 63.7 Å². The fourth-order valence-electron chi connectivity index (χ4n) is 4.15. The van der Waals surface area contributed by atoms with E-state index in [0.717, 1.165) is 23.9 Å². The van der Waals surface area contributed by atoms with Crippen molar-refractivity contribution in [2.45, 2.75) is 19.5 Å². The maximum absolute atomic E-state index is 14.9. The van der Waals surface area contributed by atoms with E-state index < -0.39 is 23.5 Å². The molecular weight excluding hydrogens is 514 g/mol. The Morgan fingerprint density at radius 3 is 2.67 bits per heavy atom. The van der Waals surface area contributed by atoms with Crippen molar-refractivity contribution >= 4 is 17.3 Å². The number of pyridine rings is 1. The van der Waals surface area contributed by atoms with Crippen LogP contribution in [0.3, 0.4) is 0 Å².